The van der Waals surface area contributed by atoms with Crippen LogP contribution < -0.4 is 51.8 Å². The Hall–Kier alpha value is -7.54. The molecule has 10 N–H and O–H groups in total. The molecule has 0 aliphatic carbocycles. The van der Waals surface area contributed by atoms with Crippen LogP contribution in [0, 0.1) is 27.7 Å². The number of benzene rings is 5. The molecule has 6 rings (SSSR count). The number of carbonyl (C=O) groups is 4. The number of aromatic nitrogens is 1. The molecule has 4 amide bonds. The van der Waals surface area contributed by atoms with Crippen molar-refractivity contribution >= 4 is 84.9 Å². The number of rotatable bonds is 26. The first-order valence-electron chi connectivity index (χ1n) is 22.2. The van der Waals surface area contributed by atoms with Crippen molar-refractivity contribution in [1.82, 2.24) is 26.6 Å². The number of hydrazine groups is 3. The monoisotopic (exact) mass is 1040 g/mol. The average Bonchev–Trinajstić information content (AvgIpc) is 3.35. The lowest BCUT2D eigenvalue weighted by Gasteiger charge is -2.22. The van der Waals surface area contributed by atoms with E-state index in [0.717, 1.165) is 22.3 Å². The summed E-state index contributed by atoms with van der Waals surface area (Å²) in [6.45, 7) is 8.12. The maximum Gasteiger partial charge on any atom is 0.290 e. The number of aryl methyl sites for hydroxylation is 2. The molecule has 0 atom stereocenters. The predicted octanol–water partition coefficient (Wildman–Crippen LogP) is 4.64. The van der Waals surface area contributed by atoms with Crippen LogP contribution in [-0.2, 0) is 47.5 Å². The highest BCUT2D eigenvalue weighted by Crippen LogP contribution is 2.33. The fourth-order valence-corrected chi connectivity index (χ4v) is 10.8. The molecule has 0 radical (unpaired) electrons. The molecular formula is C49H56N11O9S3+. The van der Waals surface area contributed by atoms with Crippen LogP contribution in [0.1, 0.15) is 38.2 Å². The Morgan fingerprint density at radius 2 is 1.29 bits per heavy atom. The van der Waals surface area contributed by atoms with E-state index in [2.05, 4.69) is 47.2 Å². The van der Waals surface area contributed by atoms with Gasteiger partial charge in [-0.1, -0.05) is 30.3 Å². The van der Waals surface area contributed by atoms with E-state index in [9.17, 15) is 41.1 Å². The summed E-state index contributed by atoms with van der Waals surface area (Å²) in [5, 5.41) is 17.5. The molecule has 0 fully saturated rings. The lowest BCUT2D eigenvalue weighted by atomic mass is 9.94. The summed E-state index contributed by atoms with van der Waals surface area (Å²) in [7, 11) is -8.05. The number of aliphatic hydroxyl groups is 1. The Morgan fingerprint density at radius 3 is 1.89 bits per heavy atom. The summed E-state index contributed by atoms with van der Waals surface area (Å²) >= 11 is 1.20. The molecule has 0 saturated carbocycles. The van der Waals surface area contributed by atoms with Crippen molar-refractivity contribution in [2.45, 2.75) is 50.6 Å². The van der Waals surface area contributed by atoms with Crippen LogP contribution in [0.4, 0.5) is 28.4 Å². The molecule has 378 valence electrons. The van der Waals surface area contributed by atoms with Crippen molar-refractivity contribution in [3.8, 4) is 11.1 Å². The fraction of sp³-hybridized carbons (Fsp3) is 0.204. The summed E-state index contributed by atoms with van der Waals surface area (Å²) in [4.78, 5) is 48.2. The smallest absolute Gasteiger partial charge is 0.290 e. The number of pyridine rings is 1. The second-order valence-corrected chi connectivity index (χ2v) is 20.5. The average molecular weight is 1040 g/mol. The van der Waals surface area contributed by atoms with Crippen LogP contribution in [0.2, 0.25) is 0 Å². The number of hydrogen-bond acceptors (Lipinski definition) is 14. The van der Waals surface area contributed by atoms with E-state index in [4.69, 9.17) is 0 Å². The summed E-state index contributed by atoms with van der Waals surface area (Å²) in [6.07, 6.45) is 4.11. The Labute approximate surface area is 422 Å². The van der Waals surface area contributed by atoms with Crippen molar-refractivity contribution in [1.29, 1.82) is 0 Å². The number of anilines is 5. The highest BCUT2D eigenvalue weighted by atomic mass is 32.2. The van der Waals surface area contributed by atoms with Crippen LogP contribution >= 0.6 is 11.8 Å². The molecule has 72 heavy (non-hydrogen) atoms. The number of carbonyl (C=O) groups excluding carboxylic acids is 4. The fourth-order valence-electron chi connectivity index (χ4n) is 7.66. The van der Waals surface area contributed by atoms with Crippen molar-refractivity contribution in [3.63, 3.8) is 0 Å². The molecule has 6 aromatic rings. The molecule has 0 bridgehead atoms. The van der Waals surface area contributed by atoms with E-state index < -0.39 is 31.9 Å². The van der Waals surface area contributed by atoms with Gasteiger partial charge in [-0.3, -0.25) is 55.8 Å². The van der Waals surface area contributed by atoms with Crippen LogP contribution in [0.15, 0.2) is 131 Å². The lowest BCUT2D eigenvalue weighted by molar-refractivity contribution is -0.684. The van der Waals surface area contributed by atoms with Crippen molar-refractivity contribution in [3.05, 3.63) is 155 Å². The van der Waals surface area contributed by atoms with Crippen molar-refractivity contribution in [2.75, 3.05) is 50.5 Å². The van der Waals surface area contributed by atoms with Crippen LogP contribution in [0.3, 0.4) is 0 Å². The highest BCUT2D eigenvalue weighted by Gasteiger charge is 2.24. The summed E-state index contributed by atoms with van der Waals surface area (Å²) in [5.74, 6) is -0.802. The first-order chi connectivity index (χ1) is 34.5. The summed E-state index contributed by atoms with van der Waals surface area (Å²) < 4.78 is 60.9. The summed E-state index contributed by atoms with van der Waals surface area (Å²) in [6, 6.07) is 30.1. The highest BCUT2D eigenvalue weighted by molar-refractivity contribution is 7.99. The number of nitrogens with zero attached hydrogens (tertiary/aromatic N) is 2. The molecule has 1 aromatic heterocycles. The normalized spacial score (nSPS) is 11.3. The van der Waals surface area contributed by atoms with Crippen LogP contribution in [0.5, 0.6) is 0 Å². The van der Waals surface area contributed by atoms with Gasteiger partial charge in [-0.15, -0.1) is 11.8 Å². The molecule has 0 spiro atoms. The first-order valence-corrected chi connectivity index (χ1v) is 26.3. The number of amides is 4. The van der Waals surface area contributed by atoms with E-state index in [1.165, 1.54) is 40.7 Å². The summed E-state index contributed by atoms with van der Waals surface area (Å²) in [5.41, 5.74) is 20.2. The minimum absolute atomic E-state index is 0.0355. The topological polar surface area (TPSA) is 272 Å². The first kappa shape index (κ1) is 53.8. The third-order valence-corrected chi connectivity index (χ3v) is 14.8. The van der Waals surface area contributed by atoms with E-state index in [1.54, 1.807) is 98.7 Å². The standard InChI is InChI=1S/C49H55N11O9S3/c1-33-10-20-44(71(66,67)57-42-16-12-40(13-17-42)54-51-29-61)35(3)47(33)38-8-5-7-37(25-38)26-50-22-24-60(31-70-32-63)56-49(65)39-9-6-23-59(27-39)28-46(64)53-48-34(2)11-21-45(36(48)4)72(68,69)58-43-18-14-41(15-19-43)55-52-30-62/h5-21,23,25,27,29-30,50,54-55,57-58,63H,22,24,26,28,31-32H2,1-4H3,(H3-,51,52,53,56,61,62,64,65)/p+1. The quantitative estimate of drug-likeness (QED) is 0.0117. The zero-order chi connectivity index (χ0) is 51.8. The van der Waals surface area contributed by atoms with Crippen LogP contribution in [-0.4, -0.2) is 76.5 Å². The van der Waals surface area contributed by atoms with Gasteiger partial charge < -0.3 is 15.7 Å². The predicted molar refractivity (Wildman–Crippen MR) is 278 cm³/mol. The van der Waals surface area contributed by atoms with Gasteiger partial charge in [-0.25, -0.2) is 21.8 Å². The molecule has 0 aliphatic rings. The van der Waals surface area contributed by atoms with Crippen LogP contribution in [0.25, 0.3) is 11.1 Å². The van der Waals surface area contributed by atoms with E-state index in [1.807, 2.05) is 31.2 Å². The Morgan fingerprint density at radius 1 is 0.708 bits per heavy atom. The molecule has 23 heteroatoms. The number of hydrogen-bond donors (Lipinski definition) is 10. The van der Waals surface area contributed by atoms with Gasteiger partial charge in [0, 0.05) is 42.8 Å². The second-order valence-electron chi connectivity index (χ2n) is 16.3. The zero-order valence-corrected chi connectivity index (χ0v) is 42.2. The lowest BCUT2D eigenvalue weighted by Crippen LogP contribution is -2.46. The largest absolute Gasteiger partial charge is 0.386 e. The molecule has 0 saturated heterocycles. The number of aliphatic hydroxyl groups excluding tert-OH is 1. The third-order valence-electron chi connectivity index (χ3n) is 11.1. The van der Waals surface area contributed by atoms with E-state index >= 15 is 0 Å². The maximum atomic E-state index is 13.6. The SMILES string of the molecule is Cc1ccc(S(=O)(=O)Nc2ccc(NNC=O)cc2)c(C)c1NC(=O)C[n+]1cccc(C(=O)NN(CCNCc2cccc(-c3c(C)ccc(S(=O)(=O)Nc4ccc(NNC=O)cc4)c3C)c2)CSCO)c1. The van der Waals surface area contributed by atoms with E-state index in [0.29, 0.717) is 71.9 Å². The van der Waals surface area contributed by atoms with Gasteiger partial charge in [-0.05, 0) is 139 Å². The van der Waals surface area contributed by atoms with Gasteiger partial charge in [0.2, 0.25) is 19.4 Å². The molecule has 0 unspecified atom stereocenters. The minimum Gasteiger partial charge on any atom is -0.386 e. The van der Waals surface area contributed by atoms with Gasteiger partial charge in [0.25, 0.3) is 31.9 Å². The third kappa shape index (κ3) is 14.5. The van der Waals surface area contributed by atoms with Gasteiger partial charge in [-0.2, -0.15) is 4.57 Å². The number of thioether (sulfide) groups is 1. The Kier molecular flexibility index (Phi) is 18.7. The van der Waals surface area contributed by atoms with Gasteiger partial charge >= 0.3 is 0 Å². The molecular weight excluding hydrogens is 983 g/mol. The molecule has 1 heterocycles. The van der Waals surface area contributed by atoms with Gasteiger partial charge in [0.1, 0.15) is 5.56 Å². The maximum absolute atomic E-state index is 13.6. The molecule has 5 aromatic carbocycles. The van der Waals surface area contributed by atoms with Crippen molar-refractivity contribution in [2.24, 2.45) is 0 Å². The Bertz CT molecular complexity index is 3130. The molecule has 20 nitrogen and oxygen atoms in total. The minimum atomic E-state index is -4.08. The molecule has 0 aliphatic heterocycles. The van der Waals surface area contributed by atoms with Crippen molar-refractivity contribution < 1.29 is 45.7 Å². The zero-order valence-electron chi connectivity index (χ0n) is 39.8. The number of sulfonamides is 2. The van der Waals surface area contributed by atoms with Gasteiger partial charge in [0.05, 0.1) is 33.0 Å². The van der Waals surface area contributed by atoms with E-state index in [-0.39, 0.29) is 39.4 Å². The second kappa shape index (κ2) is 25.0. The number of nitrogens with one attached hydrogen (secondary N) is 9. The Balaban J connectivity index is 1.04. The van der Waals surface area contributed by atoms with Gasteiger partial charge in [0.15, 0.2) is 12.4 Å².